The molecule has 0 aliphatic heterocycles. The van der Waals surface area contributed by atoms with Crippen molar-refractivity contribution in [2.24, 2.45) is 5.73 Å². The Kier molecular flexibility index (Phi) is 6.15. The molecule has 0 fully saturated rings. The Morgan fingerprint density at radius 2 is 2.17 bits per heavy atom. The van der Waals surface area contributed by atoms with Crippen LogP contribution in [0.15, 0.2) is 24.3 Å². The van der Waals surface area contributed by atoms with Gasteiger partial charge < -0.3 is 11.1 Å². The van der Waals surface area contributed by atoms with Crippen molar-refractivity contribution in [1.82, 2.24) is 0 Å². The van der Waals surface area contributed by atoms with Gasteiger partial charge in [0.15, 0.2) is 0 Å². The molecule has 98 valence electrons. The Hall–Kier alpha value is -1.07. The van der Waals surface area contributed by atoms with Gasteiger partial charge in [-0.05, 0) is 25.5 Å². The molecular formula is C13H18N2OS2. The second-order valence-electron chi connectivity index (χ2n) is 4.03. The summed E-state index contributed by atoms with van der Waals surface area (Å²) in [6.45, 7) is 3.86. The standard InChI is InChI=1S/C13H18N2OS2/c1-9-5-3-4-6-11(9)15-13(16)10(2)18-8-7-12(14)17/h3-6,10H,7-8H2,1-2H3,(H2,14,17)(H,15,16). The highest BCUT2D eigenvalue weighted by atomic mass is 32.2. The molecule has 3 N–H and O–H groups in total. The van der Waals surface area contributed by atoms with Crippen LogP contribution in [0.25, 0.3) is 0 Å². The molecule has 0 aromatic heterocycles. The summed E-state index contributed by atoms with van der Waals surface area (Å²) in [6, 6.07) is 7.73. The van der Waals surface area contributed by atoms with E-state index in [2.05, 4.69) is 5.32 Å². The Balaban J connectivity index is 2.45. The molecule has 0 radical (unpaired) electrons. The van der Waals surface area contributed by atoms with Gasteiger partial charge in [0, 0.05) is 17.9 Å². The fourth-order valence-corrected chi connectivity index (χ4v) is 2.49. The van der Waals surface area contributed by atoms with Crippen molar-refractivity contribution in [3.63, 3.8) is 0 Å². The van der Waals surface area contributed by atoms with E-state index in [-0.39, 0.29) is 11.2 Å². The fraction of sp³-hybridized carbons (Fsp3) is 0.385. The average molecular weight is 282 g/mol. The molecular weight excluding hydrogens is 264 g/mol. The van der Waals surface area contributed by atoms with E-state index in [9.17, 15) is 4.79 Å². The number of para-hydroxylation sites is 1. The topological polar surface area (TPSA) is 55.1 Å². The Bertz CT molecular complexity index is 435. The molecule has 1 aromatic rings. The van der Waals surface area contributed by atoms with Gasteiger partial charge in [0.2, 0.25) is 5.91 Å². The molecule has 18 heavy (non-hydrogen) atoms. The molecule has 1 unspecified atom stereocenters. The summed E-state index contributed by atoms with van der Waals surface area (Å²) in [4.78, 5) is 12.4. The summed E-state index contributed by atoms with van der Waals surface area (Å²) in [5, 5.41) is 2.81. The smallest absolute Gasteiger partial charge is 0.237 e. The molecule has 0 saturated heterocycles. The van der Waals surface area contributed by atoms with E-state index in [4.69, 9.17) is 18.0 Å². The number of carbonyl (C=O) groups excluding carboxylic acids is 1. The fourth-order valence-electron chi connectivity index (χ4n) is 1.36. The van der Waals surface area contributed by atoms with Crippen LogP contribution in [-0.4, -0.2) is 21.9 Å². The lowest BCUT2D eigenvalue weighted by atomic mass is 10.2. The van der Waals surface area contributed by atoms with Crippen molar-refractivity contribution < 1.29 is 4.79 Å². The third kappa shape index (κ3) is 5.06. The summed E-state index contributed by atoms with van der Waals surface area (Å²) in [6.07, 6.45) is 0.669. The van der Waals surface area contributed by atoms with Crippen molar-refractivity contribution in [3.8, 4) is 0 Å². The Labute approximate surface area is 118 Å². The highest BCUT2D eigenvalue weighted by molar-refractivity contribution is 8.00. The number of nitrogens with two attached hydrogens (primary N) is 1. The van der Waals surface area contributed by atoms with Crippen LogP contribution in [0.4, 0.5) is 5.69 Å². The van der Waals surface area contributed by atoms with Gasteiger partial charge in [-0.25, -0.2) is 0 Å². The van der Waals surface area contributed by atoms with Crippen molar-refractivity contribution in [3.05, 3.63) is 29.8 Å². The van der Waals surface area contributed by atoms with Crippen molar-refractivity contribution >= 4 is 40.6 Å². The van der Waals surface area contributed by atoms with Gasteiger partial charge in [-0.1, -0.05) is 30.4 Å². The van der Waals surface area contributed by atoms with Crippen LogP contribution in [0.2, 0.25) is 0 Å². The number of rotatable bonds is 6. The molecule has 1 aromatic carbocycles. The first kappa shape index (κ1) is 15.0. The maximum absolute atomic E-state index is 11.9. The molecule has 0 saturated carbocycles. The van der Waals surface area contributed by atoms with E-state index >= 15 is 0 Å². The second kappa shape index (κ2) is 7.38. The van der Waals surface area contributed by atoms with Gasteiger partial charge in [-0.15, -0.1) is 11.8 Å². The summed E-state index contributed by atoms with van der Waals surface area (Å²) in [5.74, 6) is 0.787. The minimum absolute atomic E-state index is 0.0113. The first-order chi connectivity index (χ1) is 8.50. The number of anilines is 1. The Morgan fingerprint density at radius 3 is 2.78 bits per heavy atom. The van der Waals surface area contributed by atoms with E-state index < -0.39 is 0 Å². The van der Waals surface area contributed by atoms with Crippen molar-refractivity contribution in [1.29, 1.82) is 0 Å². The maximum atomic E-state index is 11.9. The van der Waals surface area contributed by atoms with Crippen LogP contribution in [-0.2, 0) is 4.79 Å². The van der Waals surface area contributed by atoms with Gasteiger partial charge >= 0.3 is 0 Å². The number of thioether (sulfide) groups is 1. The van der Waals surface area contributed by atoms with Crippen LogP contribution >= 0.6 is 24.0 Å². The van der Waals surface area contributed by atoms with Crippen LogP contribution < -0.4 is 11.1 Å². The van der Waals surface area contributed by atoms with E-state index in [0.29, 0.717) is 11.4 Å². The molecule has 5 heteroatoms. The third-order valence-corrected chi connectivity index (χ3v) is 3.85. The Morgan fingerprint density at radius 1 is 1.50 bits per heavy atom. The number of hydrogen-bond acceptors (Lipinski definition) is 3. The molecule has 1 rings (SSSR count). The lowest BCUT2D eigenvalue weighted by Gasteiger charge is -2.13. The highest BCUT2D eigenvalue weighted by Gasteiger charge is 2.13. The summed E-state index contributed by atoms with van der Waals surface area (Å²) in [5.41, 5.74) is 7.34. The van der Waals surface area contributed by atoms with Crippen LogP contribution in [0.3, 0.4) is 0 Å². The SMILES string of the molecule is Cc1ccccc1NC(=O)C(C)SCCC(N)=S. The lowest BCUT2D eigenvalue weighted by Crippen LogP contribution is -2.23. The highest BCUT2D eigenvalue weighted by Crippen LogP contribution is 2.17. The third-order valence-electron chi connectivity index (χ3n) is 2.49. The summed E-state index contributed by atoms with van der Waals surface area (Å²) < 4.78 is 0. The lowest BCUT2D eigenvalue weighted by molar-refractivity contribution is -0.115. The maximum Gasteiger partial charge on any atom is 0.237 e. The van der Waals surface area contributed by atoms with Gasteiger partial charge in [0.25, 0.3) is 0 Å². The molecule has 0 spiro atoms. The van der Waals surface area contributed by atoms with Gasteiger partial charge in [-0.3, -0.25) is 4.79 Å². The number of amides is 1. The molecule has 0 aliphatic carbocycles. The molecule has 1 amide bonds. The number of thiocarbonyl (C=S) groups is 1. The molecule has 0 bridgehead atoms. The zero-order chi connectivity index (χ0) is 13.5. The van der Waals surface area contributed by atoms with Gasteiger partial charge in [-0.2, -0.15) is 0 Å². The van der Waals surface area contributed by atoms with Gasteiger partial charge in [0.05, 0.1) is 10.2 Å². The van der Waals surface area contributed by atoms with E-state index in [1.54, 1.807) is 11.8 Å². The normalized spacial score (nSPS) is 11.9. The van der Waals surface area contributed by atoms with Crippen LogP contribution in [0, 0.1) is 6.92 Å². The zero-order valence-corrected chi connectivity index (χ0v) is 12.2. The molecule has 0 aliphatic rings. The average Bonchev–Trinajstić information content (AvgIpc) is 2.31. The van der Waals surface area contributed by atoms with Gasteiger partial charge in [0.1, 0.15) is 0 Å². The molecule has 0 heterocycles. The minimum Gasteiger partial charge on any atom is -0.393 e. The molecule has 1 atom stereocenters. The first-order valence-electron chi connectivity index (χ1n) is 5.77. The number of benzene rings is 1. The number of aryl methyl sites for hydroxylation is 1. The van der Waals surface area contributed by atoms with Crippen molar-refractivity contribution in [2.75, 3.05) is 11.1 Å². The predicted molar refractivity (Wildman–Crippen MR) is 83.1 cm³/mol. The second-order valence-corrected chi connectivity index (χ2v) is 6.01. The summed E-state index contributed by atoms with van der Waals surface area (Å²) in [7, 11) is 0. The molecule has 3 nitrogen and oxygen atoms in total. The predicted octanol–water partition coefficient (Wildman–Crippen LogP) is 2.73. The summed E-state index contributed by atoms with van der Waals surface area (Å²) >= 11 is 6.36. The first-order valence-corrected chi connectivity index (χ1v) is 7.23. The monoisotopic (exact) mass is 282 g/mol. The minimum atomic E-state index is -0.112. The van der Waals surface area contributed by atoms with Crippen molar-refractivity contribution in [2.45, 2.75) is 25.5 Å². The number of carbonyl (C=O) groups is 1. The van der Waals surface area contributed by atoms with Crippen LogP contribution in [0.1, 0.15) is 18.9 Å². The van der Waals surface area contributed by atoms with Crippen LogP contribution in [0.5, 0.6) is 0 Å². The largest absolute Gasteiger partial charge is 0.393 e. The number of hydrogen-bond donors (Lipinski definition) is 2. The zero-order valence-electron chi connectivity index (χ0n) is 10.6. The van der Waals surface area contributed by atoms with E-state index in [1.165, 1.54) is 0 Å². The van der Waals surface area contributed by atoms with E-state index in [1.807, 2.05) is 38.1 Å². The van der Waals surface area contributed by atoms with E-state index in [0.717, 1.165) is 17.0 Å². The quantitative estimate of drug-likeness (QED) is 0.788. The number of nitrogens with one attached hydrogen (secondary N) is 1.